The van der Waals surface area contributed by atoms with Crippen LogP contribution in [0.2, 0.25) is 0 Å². The van der Waals surface area contributed by atoms with Crippen LogP contribution in [0.4, 0.5) is 5.82 Å². The van der Waals surface area contributed by atoms with Gasteiger partial charge in [-0.3, -0.25) is 4.79 Å². The third-order valence-corrected chi connectivity index (χ3v) is 5.50. The number of anilines is 1. The fraction of sp³-hybridized carbons (Fsp3) is 0.100. The molecule has 11 heteroatoms. The van der Waals surface area contributed by atoms with E-state index in [4.69, 9.17) is 10.2 Å². The molecule has 0 unspecified atom stereocenters. The highest BCUT2D eigenvalue weighted by molar-refractivity contribution is 7.09. The largest absolute Gasteiger partial charge is 0.443 e. The smallest absolute Gasteiger partial charge is 0.274 e. The zero-order valence-electron chi connectivity index (χ0n) is 16.3. The third kappa shape index (κ3) is 3.51. The van der Waals surface area contributed by atoms with E-state index >= 15 is 0 Å². The predicted molar refractivity (Wildman–Crippen MR) is 114 cm³/mol. The van der Waals surface area contributed by atoms with Crippen LogP contribution in [0.15, 0.2) is 53.1 Å². The Morgan fingerprint density at radius 1 is 1.19 bits per heavy atom. The van der Waals surface area contributed by atoms with E-state index in [-0.39, 0.29) is 23.9 Å². The molecule has 0 aliphatic heterocycles. The number of rotatable bonds is 5. The summed E-state index contributed by atoms with van der Waals surface area (Å²) in [6, 6.07) is 3.69. The molecular formula is C20H16N8O2S. The molecule has 31 heavy (non-hydrogen) atoms. The van der Waals surface area contributed by atoms with Crippen LogP contribution < -0.4 is 11.1 Å². The summed E-state index contributed by atoms with van der Waals surface area (Å²) < 4.78 is 7.27. The second-order valence-electron chi connectivity index (χ2n) is 6.64. The van der Waals surface area contributed by atoms with Crippen LogP contribution in [-0.2, 0) is 6.54 Å². The van der Waals surface area contributed by atoms with Crippen molar-refractivity contribution in [2.24, 2.45) is 0 Å². The van der Waals surface area contributed by atoms with Crippen molar-refractivity contribution < 1.29 is 9.21 Å². The Hall–Kier alpha value is -4.12. The molecule has 1 amide bonds. The van der Waals surface area contributed by atoms with Crippen molar-refractivity contribution in [1.29, 1.82) is 0 Å². The van der Waals surface area contributed by atoms with Gasteiger partial charge in [0.2, 0.25) is 5.89 Å². The minimum atomic E-state index is -0.443. The molecule has 0 atom stereocenters. The quantitative estimate of drug-likeness (QED) is 0.432. The summed E-state index contributed by atoms with van der Waals surface area (Å²) in [6.45, 7) is 2.22. The van der Waals surface area contributed by atoms with Crippen LogP contribution in [0.25, 0.3) is 28.5 Å². The third-order valence-electron chi connectivity index (χ3n) is 4.70. The van der Waals surface area contributed by atoms with E-state index in [9.17, 15) is 4.79 Å². The number of hydrogen-bond acceptors (Lipinski definition) is 9. The molecule has 5 aromatic rings. The first-order valence-electron chi connectivity index (χ1n) is 9.28. The number of nitrogens with zero attached hydrogens (tertiary/aromatic N) is 6. The van der Waals surface area contributed by atoms with Gasteiger partial charge in [-0.15, -0.1) is 11.3 Å². The summed E-state index contributed by atoms with van der Waals surface area (Å²) >= 11 is 1.52. The second kappa shape index (κ2) is 7.61. The SMILES string of the molecule is Cc1scnc1CNC(=O)c1nc(-c2ccc3nccn3c2)c(-c2ncco2)nc1N. The second-order valence-corrected chi connectivity index (χ2v) is 7.70. The monoisotopic (exact) mass is 432 g/mol. The molecule has 0 saturated carbocycles. The van der Waals surface area contributed by atoms with E-state index in [0.717, 1.165) is 16.2 Å². The number of imidazole rings is 1. The number of nitrogens with two attached hydrogens (primary N) is 1. The zero-order chi connectivity index (χ0) is 21.4. The van der Waals surface area contributed by atoms with Gasteiger partial charge in [-0.1, -0.05) is 0 Å². The molecule has 5 aromatic heterocycles. The number of pyridine rings is 1. The molecule has 0 aliphatic rings. The van der Waals surface area contributed by atoms with Crippen molar-refractivity contribution >= 4 is 28.7 Å². The van der Waals surface area contributed by atoms with E-state index in [1.54, 1.807) is 11.7 Å². The summed E-state index contributed by atoms with van der Waals surface area (Å²) in [7, 11) is 0. The van der Waals surface area contributed by atoms with Gasteiger partial charge < -0.3 is 19.9 Å². The van der Waals surface area contributed by atoms with Gasteiger partial charge >= 0.3 is 0 Å². The number of carbonyl (C=O) groups is 1. The lowest BCUT2D eigenvalue weighted by molar-refractivity contribution is 0.0946. The molecule has 5 heterocycles. The maximum atomic E-state index is 12.9. The number of hydrogen-bond donors (Lipinski definition) is 2. The molecule has 0 saturated heterocycles. The number of amides is 1. The van der Waals surface area contributed by atoms with Crippen LogP contribution in [0.5, 0.6) is 0 Å². The van der Waals surface area contributed by atoms with Gasteiger partial charge in [0, 0.05) is 29.0 Å². The Labute approximate surface area is 179 Å². The lowest BCUT2D eigenvalue weighted by Gasteiger charge is -2.11. The number of thiazole rings is 1. The topological polar surface area (TPSA) is 137 Å². The van der Waals surface area contributed by atoms with Crippen molar-refractivity contribution in [3.05, 3.63) is 65.0 Å². The maximum Gasteiger partial charge on any atom is 0.274 e. The van der Waals surface area contributed by atoms with Gasteiger partial charge in [0.15, 0.2) is 17.2 Å². The van der Waals surface area contributed by atoms with Crippen LogP contribution in [-0.4, -0.2) is 35.2 Å². The first kappa shape index (κ1) is 18.9. The number of nitrogens with one attached hydrogen (secondary N) is 1. The standard InChI is InChI=1S/C20H16N8O2S/c1-11-13(25-10-31-11)8-24-19(29)17-18(21)27-16(20-23-5-7-30-20)15(26-17)12-2-3-14-22-4-6-28(14)9-12/h2-7,9-10H,8H2,1H3,(H2,21,27)(H,24,29). The molecule has 0 aromatic carbocycles. The average molecular weight is 432 g/mol. The normalized spacial score (nSPS) is 11.1. The molecular weight excluding hydrogens is 416 g/mol. The molecule has 0 radical (unpaired) electrons. The molecule has 0 aliphatic carbocycles. The lowest BCUT2D eigenvalue weighted by atomic mass is 10.1. The molecule has 3 N–H and O–H groups in total. The Morgan fingerprint density at radius 3 is 2.87 bits per heavy atom. The molecule has 10 nitrogen and oxygen atoms in total. The van der Waals surface area contributed by atoms with Crippen LogP contribution in [0.1, 0.15) is 21.1 Å². The van der Waals surface area contributed by atoms with Crippen molar-refractivity contribution in [3.8, 4) is 22.8 Å². The molecule has 0 bridgehead atoms. The number of nitrogen functional groups attached to an aromatic ring is 1. The van der Waals surface area contributed by atoms with Gasteiger partial charge in [-0.25, -0.2) is 24.9 Å². The lowest BCUT2D eigenvalue weighted by Crippen LogP contribution is -2.26. The van der Waals surface area contributed by atoms with Gasteiger partial charge in [-0.2, -0.15) is 0 Å². The van der Waals surface area contributed by atoms with Gasteiger partial charge in [-0.05, 0) is 19.1 Å². The average Bonchev–Trinajstić information content (AvgIpc) is 3.53. The van der Waals surface area contributed by atoms with Crippen molar-refractivity contribution in [2.45, 2.75) is 13.5 Å². The Balaban J connectivity index is 1.57. The predicted octanol–water partition coefficient (Wildman–Crippen LogP) is 2.72. The maximum absolute atomic E-state index is 12.9. The number of aromatic nitrogens is 6. The number of aryl methyl sites for hydroxylation is 1. The molecule has 0 fully saturated rings. The molecule has 0 spiro atoms. The molecule has 154 valence electrons. The minimum absolute atomic E-state index is 0.0175. The van der Waals surface area contributed by atoms with Crippen molar-refractivity contribution in [1.82, 2.24) is 34.6 Å². The van der Waals surface area contributed by atoms with E-state index in [2.05, 4.69) is 30.2 Å². The Morgan fingerprint density at radius 2 is 2.10 bits per heavy atom. The first-order chi connectivity index (χ1) is 15.1. The summed E-state index contributed by atoms with van der Waals surface area (Å²) in [5.41, 5.74) is 10.9. The highest BCUT2D eigenvalue weighted by Crippen LogP contribution is 2.30. The number of carbonyl (C=O) groups excluding carboxylic acids is 1. The summed E-state index contributed by atoms with van der Waals surface area (Å²) in [6.07, 6.45) is 8.30. The van der Waals surface area contributed by atoms with Crippen molar-refractivity contribution in [2.75, 3.05) is 5.73 Å². The summed E-state index contributed by atoms with van der Waals surface area (Å²) in [5, 5.41) is 2.81. The summed E-state index contributed by atoms with van der Waals surface area (Å²) in [5.74, 6) is -0.209. The highest BCUT2D eigenvalue weighted by Gasteiger charge is 2.22. The van der Waals surface area contributed by atoms with Gasteiger partial charge in [0.25, 0.3) is 5.91 Å². The highest BCUT2D eigenvalue weighted by atomic mass is 32.1. The van der Waals surface area contributed by atoms with Crippen LogP contribution in [0.3, 0.4) is 0 Å². The van der Waals surface area contributed by atoms with E-state index in [1.807, 2.05) is 35.9 Å². The fourth-order valence-electron chi connectivity index (χ4n) is 3.11. The van der Waals surface area contributed by atoms with Crippen molar-refractivity contribution in [3.63, 3.8) is 0 Å². The summed E-state index contributed by atoms with van der Waals surface area (Å²) in [4.78, 5) is 35.5. The zero-order valence-corrected chi connectivity index (χ0v) is 17.1. The Bertz CT molecular complexity index is 1390. The fourth-order valence-corrected chi connectivity index (χ4v) is 3.71. The van der Waals surface area contributed by atoms with E-state index in [1.165, 1.54) is 23.8 Å². The van der Waals surface area contributed by atoms with E-state index < -0.39 is 5.91 Å². The molecule has 5 rings (SSSR count). The van der Waals surface area contributed by atoms with E-state index in [0.29, 0.717) is 17.0 Å². The van der Waals surface area contributed by atoms with Crippen LogP contribution >= 0.6 is 11.3 Å². The number of oxazole rings is 1. The minimum Gasteiger partial charge on any atom is -0.443 e. The number of fused-ring (bicyclic) bond motifs is 1. The Kier molecular flexibility index (Phi) is 4.64. The van der Waals surface area contributed by atoms with Crippen LogP contribution in [0, 0.1) is 6.92 Å². The first-order valence-corrected chi connectivity index (χ1v) is 10.2. The van der Waals surface area contributed by atoms with Gasteiger partial charge in [0.1, 0.15) is 17.6 Å². The van der Waals surface area contributed by atoms with Gasteiger partial charge in [0.05, 0.1) is 23.9 Å².